The first-order valence-corrected chi connectivity index (χ1v) is 6.00. The second-order valence-corrected chi connectivity index (χ2v) is 4.70. The maximum Gasteiger partial charge on any atom is 0.431 e. The van der Waals surface area contributed by atoms with Gasteiger partial charge < -0.3 is 4.74 Å². The number of carbonyl (C=O) groups excluding carboxylic acids is 2. The summed E-state index contributed by atoms with van der Waals surface area (Å²) >= 11 is 0. The van der Waals surface area contributed by atoms with Gasteiger partial charge in [-0.15, -0.1) is 0 Å². The molecule has 0 saturated heterocycles. The van der Waals surface area contributed by atoms with Crippen LogP contribution in [0.15, 0.2) is 42.1 Å². The topological polar surface area (TPSA) is 46.6 Å². The number of ether oxygens (including phenoxy) is 1. The van der Waals surface area contributed by atoms with Gasteiger partial charge in [0.2, 0.25) is 0 Å². The third-order valence-electron chi connectivity index (χ3n) is 3.23. The molecule has 1 atom stereocenters. The molecule has 1 aromatic rings. The van der Waals surface area contributed by atoms with Gasteiger partial charge in [-0.1, -0.05) is 18.2 Å². The lowest BCUT2D eigenvalue weighted by atomic mass is 9.91. The van der Waals surface area contributed by atoms with Crippen molar-refractivity contribution in [2.45, 2.75) is 13.1 Å². The molecule has 4 nitrogen and oxygen atoms in total. The van der Waals surface area contributed by atoms with Crippen LogP contribution in [0.5, 0.6) is 0 Å². The Morgan fingerprint density at radius 1 is 1.24 bits per heavy atom. The molecular formula is C14H12F3NO3. The summed E-state index contributed by atoms with van der Waals surface area (Å²) in [6.45, 7) is 1.11. The van der Waals surface area contributed by atoms with Crippen molar-refractivity contribution >= 4 is 17.6 Å². The summed E-state index contributed by atoms with van der Waals surface area (Å²) < 4.78 is 44.0. The van der Waals surface area contributed by atoms with Crippen LogP contribution in [-0.2, 0) is 14.3 Å². The largest absolute Gasteiger partial charge is 0.468 e. The first-order valence-electron chi connectivity index (χ1n) is 6.00. The van der Waals surface area contributed by atoms with Gasteiger partial charge in [0.25, 0.3) is 5.91 Å². The van der Waals surface area contributed by atoms with E-state index in [4.69, 9.17) is 0 Å². The number of nitrogens with zero attached hydrogens (tertiary/aromatic N) is 1. The van der Waals surface area contributed by atoms with E-state index in [1.54, 1.807) is 6.07 Å². The molecule has 0 spiro atoms. The molecule has 21 heavy (non-hydrogen) atoms. The quantitative estimate of drug-likeness (QED) is 0.623. The highest BCUT2D eigenvalue weighted by atomic mass is 19.4. The van der Waals surface area contributed by atoms with Gasteiger partial charge in [-0.3, -0.25) is 14.5 Å². The van der Waals surface area contributed by atoms with E-state index in [1.807, 2.05) is 0 Å². The number of alkyl halides is 3. The van der Waals surface area contributed by atoms with Crippen molar-refractivity contribution in [3.8, 4) is 0 Å². The number of benzene rings is 1. The van der Waals surface area contributed by atoms with Crippen LogP contribution in [0, 0.1) is 5.41 Å². The van der Waals surface area contributed by atoms with Crippen LogP contribution < -0.4 is 4.90 Å². The minimum Gasteiger partial charge on any atom is -0.468 e. The number of anilines is 1. The molecule has 0 fully saturated rings. The second kappa shape index (κ2) is 4.91. The molecule has 2 rings (SSSR count). The van der Waals surface area contributed by atoms with Gasteiger partial charge in [0.05, 0.1) is 7.11 Å². The summed E-state index contributed by atoms with van der Waals surface area (Å²) in [5.41, 5.74) is -3.14. The standard InChI is InChI=1S/C14H12F3NO3/c1-13(12(20)21-2)8-10(14(15,16)17)18(11(13)19)9-6-4-3-5-7-9/h3-8H,1-2H3. The molecule has 1 aliphatic heterocycles. The summed E-state index contributed by atoms with van der Waals surface area (Å²) in [5.74, 6) is -2.03. The fourth-order valence-corrected chi connectivity index (χ4v) is 2.14. The second-order valence-electron chi connectivity index (χ2n) is 4.70. The summed E-state index contributed by atoms with van der Waals surface area (Å²) in [6.07, 6.45) is -4.16. The SMILES string of the molecule is COC(=O)C1(C)C=C(C(F)(F)F)N(c2ccccc2)C1=O. The molecule has 0 bridgehead atoms. The highest BCUT2D eigenvalue weighted by Gasteiger charge is 2.56. The zero-order valence-corrected chi connectivity index (χ0v) is 11.3. The molecule has 7 heteroatoms. The van der Waals surface area contributed by atoms with E-state index >= 15 is 0 Å². The number of hydrogen-bond acceptors (Lipinski definition) is 3. The Morgan fingerprint density at radius 2 is 1.81 bits per heavy atom. The van der Waals surface area contributed by atoms with Gasteiger partial charge in [-0.05, 0) is 25.1 Å². The Balaban J connectivity index is 2.58. The van der Waals surface area contributed by atoms with Crippen LogP contribution in [0.25, 0.3) is 0 Å². The van der Waals surface area contributed by atoms with Gasteiger partial charge in [-0.25, -0.2) is 0 Å². The third kappa shape index (κ3) is 2.39. The third-order valence-corrected chi connectivity index (χ3v) is 3.23. The van der Waals surface area contributed by atoms with Gasteiger partial charge >= 0.3 is 12.1 Å². The van der Waals surface area contributed by atoms with Crippen LogP contribution in [0.2, 0.25) is 0 Å². The summed E-state index contributed by atoms with van der Waals surface area (Å²) in [5, 5.41) is 0. The fourth-order valence-electron chi connectivity index (χ4n) is 2.14. The number of allylic oxidation sites excluding steroid dienone is 1. The molecule has 0 N–H and O–H groups in total. The number of halogens is 3. The highest BCUT2D eigenvalue weighted by Crippen LogP contribution is 2.43. The smallest absolute Gasteiger partial charge is 0.431 e. The predicted octanol–water partition coefficient (Wildman–Crippen LogP) is 2.66. The summed E-state index contributed by atoms with van der Waals surface area (Å²) in [7, 11) is 1.02. The van der Waals surface area contributed by atoms with Crippen molar-refractivity contribution in [2.24, 2.45) is 5.41 Å². The molecule has 0 saturated carbocycles. The van der Waals surface area contributed by atoms with Crippen LogP contribution in [0.1, 0.15) is 6.92 Å². The molecule has 1 unspecified atom stereocenters. The van der Waals surface area contributed by atoms with Crippen molar-refractivity contribution in [3.63, 3.8) is 0 Å². The average molecular weight is 299 g/mol. The molecule has 112 valence electrons. The first kappa shape index (κ1) is 15.1. The van der Waals surface area contributed by atoms with Crippen LogP contribution >= 0.6 is 0 Å². The monoisotopic (exact) mass is 299 g/mol. The van der Waals surface area contributed by atoms with Crippen LogP contribution in [-0.4, -0.2) is 25.2 Å². The van der Waals surface area contributed by atoms with E-state index in [1.165, 1.54) is 24.3 Å². The summed E-state index contributed by atoms with van der Waals surface area (Å²) in [4.78, 5) is 24.6. The van der Waals surface area contributed by atoms with E-state index < -0.39 is 29.2 Å². The molecule has 1 amide bonds. The zero-order valence-electron chi connectivity index (χ0n) is 11.3. The van der Waals surface area contributed by atoms with Gasteiger partial charge in [-0.2, -0.15) is 13.2 Å². The van der Waals surface area contributed by atoms with Gasteiger partial charge in [0, 0.05) is 5.69 Å². The lowest BCUT2D eigenvalue weighted by Crippen LogP contribution is -2.41. The Morgan fingerprint density at radius 3 is 2.29 bits per heavy atom. The number of esters is 1. The normalized spacial score (nSPS) is 22.2. The van der Waals surface area contributed by atoms with E-state index in [0.717, 1.165) is 14.0 Å². The van der Waals surface area contributed by atoms with Crippen molar-refractivity contribution in [3.05, 3.63) is 42.1 Å². The summed E-state index contributed by atoms with van der Waals surface area (Å²) in [6, 6.07) is 7.34. The molecule has 1 aromatic carbocycles. The Kier molecular flexibility index (Phi) is 3.52. The first-order chi connectivity index (χ1) is 9.71. The van der Waals surface area contributed by atoms with Gasteiger partial charge in [0.1, 0.15) is 5.70 Å². The molecule has 1 heterocycles. The molecule has 0 aliphatic carbocycles. The lowest BCUT2D eigenvalue weighted by Gasteiger charge is -2.24. The number of hydrogen-bond donors (Lipinski definition) is 0. The van der Waals surface area contributed by atoms with Crippen LogP contribution in [0.3, 0.4) is 0 Å². The van der Waals surface area contributed by atoms with Gasteiger partial charge in [0.15, 0.2) is 5.41 Å². The highest BCUT2D eigenvalue weighted by molar-refractivity contribution is 6.15. The van der Waals surface area contributed by atoms with Crippen LogP contribution in [0.4, 0.5) is 18.9 Å². The number of amides is 1. The van der Waals surface area contributed by atoms with Crippen molar-refractivity contribution in [1.82, 2.24) is 0 Å². The molecule has 0 radical (unpaired) electrons. The molecule has 0 aromatic heterocycles. The average Bonchev–Trinajstić information content (AvgIpc) is 2.72. The van der Waals surface area contributed by atoms with E-state index in [9.17, 15) is 22.8 Å². The van der Waals surface area contributed by atoms with E-state index in [0.29, 0.717) is 11.0 Å². The maximum atomic E-state index is 13.2. The number of carbonyl (C=O) groups is 2. The maximum absolute atomic E-state index is 13.2. The Hall–Kier alpha value is -2.31. The zero-order chi connectivity index (χ0) is 15.8. The van der Waals surface area contributed by atoms with Crippen molar-refractivity contribution in [1.29, 1.82) is 0 Å². The van der Waals surface area contributed by atoms with Crippen molar-refractivity contribution < 1.29 is 27.5 Å². The lowest BCUT2D eigenvalue weighted by molar-refractivity contribution is -0.152. The molecular weight excluding hydrogens is 287 g/mol. The molecule has 1 aliphatic rings. The van der Waals surface area contributed by atoms with Crippen molar-refractivity contribution in [2.75, 3.05) is 12.0 Å². The number of rotatable bonds is 2. The number of para-hydroxylation sites is 1. The number of methoxy groups -OCH3 is 1. The Labute approximate surface area is 118 Å². The predicted molar refractivity (Wildman–Crippen MR) is 68.2 cm³/mol. The minimum atomic E-state index is -4.77. The van der Waals surface area contributed by atoms with E-state index in [2.05, 4.69) is 4.74 Å². The fraction of sp³-hybridized carbons (Fsp3) is 0.286. The minimum absolute atomic E-state index is 0.0405. The van der Waals surface area contributed by atoms with E-state index in [-0.39, 0.29) is 5.69 Å². The Bertz CT molecular complexity index is 610.